The smallest absolute Gasteiger partial charge is 0.170 e. The van der Waals surface area contributed by atoms with Crippen LogP contribution in [0.4, 0.5) is 0 Å². The highest BCUT2D eigenvalue weighted by Gasteiger charge is 2.02. The van der Waals surface area contributed by atoms with Crippen LogP contribution in [0.5, 0.6) is 5.75 Å². The van der Waals surface area contributed by atoms with E-state index in [-0.39, 0.29) is 16.6 Å². The van der Waals surface area contributed by atoms with E-state index >= 15 is 0 Å². The Morgan fingerprint density at radius 2 is 2.00 bits per heavy atom. The van der Waals surface area contributed by atoms with Gasteiger partial charge >= 0.3 is 0 Å². The minimum absolute atomic E-state index is 0.0360. The summed E-state index contributed by atoms with van der Waals surface area (Å²) < 4.78 is 4.94. The van der Waals surface area contributed by atoms with Crippen molar-refractivity contribution in [2.45, 2.75) is 12.8 Å². The summed E-state index contributed by atoms with van der Waals surface area (Å²) in [5, 5.41) is 20.3. The highest BCUT2D eigenvalue weighted by atomic mass is 35.5. The molecule has 1 aromatic rings. The number of hydrogen-bond donors (Lipinski definition) is 3. The number of ether oxygens (including phenoxy) is 1. The summed E-state index contributed by atoms with van der Waals surface area (Å²) in [6.45, 7) is 2.00. The zero-order valence-electron chi connectivity index (χ0n) is 9.27. The third-order valence-corrected chi connectivity index (χ3v) is 2.48. The number of nitrogens with two attached hydrogens (primary N) is 1. The normalized spacial score (nSPS) is 15.2. The maximum absolute atomic E-state index is 9.02. The van der Waals surface area contributed by atoms with E-state index in [2.05, 4.69) is 5.16 Å². The SMILES string of the molecule is C1CCOC1.N/C(=N\O)c1ccc(O)c(Cl)c1. The van der Waals surface area contributed by atoms with Crippen molar-refractivity contribution in [3.63, 3.8) is 0 Å². The molecule has 0 aliphatic carbocycles. The number of phenols is 1. The fourth-order valence-electron chi connectivity index (χ4n) is 1.23. The number of nitrogens with zero attached hydrogens (tertiary/aromatic N) is 1. The van der Waals surface area contributed by atoms with Gasteiger partial charge in [-0.3, -0.25) is 0 Å². The number of benzene rings is 1. The van der Waals surface area contributed by atoms with Crippen LogP contribution in [0.15, 0.2) is 23.4 Å². The fourth-order valence-corrected chi connectivity index (χ4v) is 1.41. The van der Waals surface area contributed by atoms with Crippen LogP contribution in [0, 0.1) is 0 Å². The minimum Gasteiger partial charge on any atom is -0.506 e. The number of rotatable bonds is 1. The first-order valence-electron chi connectivity index (χ1n) is 5.19. The first-order chi connectivity index (χ1) is 8.15. The Balaban J connectivity index is 0.000000239. The number of oxime groups is 1. The molecular formula is C11H15ClN2O3. The fraction of sp³-hybridized carbons (Fsp3) is 0.364. The highest BCUT2D eigenvalue weighted by molar-refractivity contribution is 6.32. The third kappa shape index (κ3) is 4.50. The van der Waals surface area contributed by atoms with Crippen molar-refractivity contribution in [2.75, 3.05) is 13.2 Å². The summed E-state index contributed by atoms with van der Waals surface area (Å²) in [6.07, 6.45) is 2.56. The van der Waals surface area contributed by atoms with E-state index in [1.54, 1.807) is 0 Å². The van der Waals surface area contributed by atoms with Crippen LogP contribution in [0.3, 0.4) is 0 Å². The van der Waals surface area contributed by atoms with Gasteiger partial charge in [0.25, 0.3) is 0 Å². The Bertz CT molecular complexity index is 385. The third-order valence-electron chi connectivity index (χ3n) is 2.18. The summed E-state index contributed by atoms with van der Waals surface area (Å²) in [5.41, 5.74) is 5.73. The Labute approximate surface area is 104 Å². The lowest BCUT2D eigenvalue weighted by molar-refractivity contribution is 0.198. The molecule has 6 heteroatoms. The predicted molar refractivity (Wildman–Crippen MR) is 65.7 cm³/mol. The molecule has 1 aromatic carbocycles. The number of hydrogen-bond acceptors (Lipinski definition) is 4. The molecule has 0 aromatic heterocycles. The lowest BCUT2D eigenvalue weighted by Crippen LogP contribution is -2.12. The molecule has 1 saturated heterocycles. The molecule has 0 spiro atoms. The molecule has 0 unspecified atom stereocenters. The van der Waals surface area contributed by atoms with Crippen LogP contribution in [0.25, 0.3) is 0 Å². The average molecular weight is 259 g/mol. The molecule has 94 valence electrons. The second-order valence-corrected chi connectivity index (χ2v) is 3.88. The van der Waals surface area contributed by atoms with E-state index in [1.165, 1.54) is 31.0 Å². The van der Waals surface area contributed by atoms with E-state index in [0.717, 1.165) is 13.2 Å². The van der Waals surface area contributed by atoms with Crippen LogP contribution in [0.1, 0.15) is 18.4 Å². The van der Waals surface area contributed by atoms with Gasteiger partial charge in [0.05, 0.1) is 5.02 Å². The minimum atomic E-state index is -0.0445. The van der Waals surface area contributed by atoms with Crippen LogP contribution in [-0.2, 0) is 4.74 Å². The first kappa shape index (κ1) is 13.6. The number of halogens is 1. The lowest BCUT2D eigenvalue weighted by Gasteiger charge is -2.00. The average Bonchev–Trinajstić information content (AvgIpc) is 2.90. The van der Waals surface area contributed by atoms with Gasteiger partial charge in [0, 0.05) is 18.8 Å². The highest BCUT2D eigenvalue weighted by Crippen LogP contribution is 2.23. The van der Waals surface area contributed by atoms with Crippen LogP contribution in [0.2, 0.25) is 5.02 Å². The van der Waals surface area contributed by atoms with Gasteiger partial charge in [-0.1, -0.05) is 16.8 Å². The van der Waals surface area contributed by atoms with Crippen molar-refractivity contribution in [3.8, 4) is 5.75 Å². The van der Waals surface area contributed by atoms with Gasteiger partial charge in [-0.15, -0.1) is 0 Å². The lowest BCUT2D eigenvalue weighted by atomic mass is 10.2. The molecule has 1 aliphatic heterocycles. The second kappa shape index (κ2) is 6.98. The monoisotopic (exact) mass is 258 g/mol. The summed E-state index contributed by atoms with van der Waals surface area (Å²) >= 11 is 5.57. The summed E-state index contributed by atoms with van der Waals surface area (Å²) in [7, 11) is 0. The summed E-state index contributed by atoms with van der Waals surface area (Å²) in [4.78, 5) is 0. The Morgan fingerprint density at radius 1 is 1.35 bits per heavy atom. The van der Waals surface area contributed by atoms with Gasteiger partial charge < -0.3 is 20.8 Å². The molecule has 1 heterocycles. The molecule has 17 heavy (non-hydrogen) atoms. The molecule has 2 rings (SSSR count). The van der Waals surface area contributed by atoms with E-state index < -0.39 is 0 Å². The van der Waals surface area contributed by atoms with Gasteiger partial charge in [0.1, 0.15) is 5.75 Å². The van der Waals surface area contributed by atoms with Gasteiger partial charge in [-0.25, -0.2) is 0 Å². The van der Waals surface area contributed by atoms with Gasteiger partial charge in [0.2, 0.25) is 0 Å². The zero-order valence-corrected chi connectivity index (χ0v) is 10.0. The molecular weight excluding hydrogens is 244 g/mol. The maximum atomic E-state index is 9.02. The van der Waals surface area contributed by atoms with E-state index in [4.69, 9.17) is 32.4 Å². The first-order valence-corrected chi connectivity index (χ1v) is 5.57. The Hall–Kier alpha value is -1.46. The predicted octanol–water partition coefficient (Wildman–Crippen LogP) is 1.94. The van der Waals surface area contributed by atoms with Crippen LogP contribution < -0.4 is 5.73 Å². The van der Waals surface area contributed by atoms with Crippen molar-refractivity contribution in [1.29, 1.82) is 0 Å². The van der Waals surface area contributed by atoms with Crippen molar-refractivity contribution in [2.24, 2.45) is 10.9 Å². The van der Waals surface area contributed by atoms with Crippen molar-refractivity contribution in [3.05, 3.63) is 28.8 Å². The maximum Gasteiger partial charge on any atom is 0.170 e. The van der Waals surface area contributed by atoms with E-state index in [0.29, 0.717) is 5.56 Å². The Kier molecular flexibility index (Phi) is 5.59. The quantitative estimate of drug-likeness (QED) is 0.311. The second-order valence-electron chi connectivity index (χ2n) is 3.47. The molecule has 0 amide bonds. The molecule has 4 N–H and O–H groups in total. The summed E-state index contributed by atoms with van der Waals surface area (Å²) in [6, 6.07) is 4.28. The van der Waals surface area contributed by atoms with Gasteiger partial charge in [-0.05, 0) is 31.0 Å². The van der Waals surface area contributed by atoms with Gasteiger partial charge in [-0.2, -0.15) is 0 Å². The molecule has 0 bridgehead atoms. The molecule has 1 aliphatic rings. The standard InChI is InChI=1S/C7H7ClN2O2.C4H8O/c8-5-3-4(7(9)10-12)1-2-6(5)11;1-2-4-5-3-1/h1-3,11-12H,(H2,9,10);1-4H2. The topological polar surface area (TPSA) is 88.1 Å². The number of aromatic hydroxyl groups is 1. The molecule has 0 radical (unpaired) electrons. The number of amidine groups is 1. The molecule has 0 saturated carbocycles. The van der Waals surface area contributed by atoms with E-state index in [1.807, 2.05) is 0 Å². The molecule has 1 fully saturated rings. The molecule has 0 atom stereocenters. The summed E-state index contributed by atoms with van der Waals surface area (Å²) in [5.74, 6) is -0.0805. The van der Waals surface area contributed by atoms with Crippen molar-refractivity contribution in [1.82, 2.24) is 0 Å². The van der Waals surface area contributed by atoms with Gasteiger partial charge in [0.15, 0.2) is 5.84 Å². The van der Waals surface area contributed by atoms with E-state index in [9.17, 15) is 0 Å². The molecule has 5 nitrogen and oxygen atoms in total. The number of phenolic OH excluding ortho intramolecular Hbond substituents is 1. The van der Waals surface area contributed by atoms with Crippen molar-refractivity contribution < 1.29 is 15.1 Å². The van der Waals surface area contributed by atoms with Crippen LogP contribution in [-0.4, -0.2) is 29.4 Å². The largest absolute Gasteiger partial charge is 0.506 e. The van der Waals surface area contributed by atoms with Crippen LogP contribution >= 0.6 is 11.6 Å². The Morgan fingerprint density at radius 3 is 2.41 bits per heavy atom. The zero-order chi connectivity index (χ0) is 12.7. The van der Waals surface area contributed by atoms with Crippen molar-refractivity contribution >= 4 is 17.4 Å².